The summed E-state index contributed by atoms with van der Waals surface area (Å²) in [7, 11) is -4.43. The molecule has 36 heavy (non-hydrogen) atoms. The number of rotatable bonds is 11. The Hall–Kier alpha value is -1.25. The number of nitrogens with two attached hydrogens (primary N) is 1. The van der Waals surface area contributed by atoms with E-state index in [0.29, 0.717) is 19.2 Å². The lowest BCUT2D eigenvalue weighted by Crippen LogP contribution is -2.55. The van der Waals surface area contributed by atoms with Gasteiger partial charge in [-0.05, 0) is 74.6 Å². The molecular weight excluding hydrogens is 489 g/mol. The largest absolute Gasteiger partial charge is 0.480 e. The fraction of sp³-hybridized carbons (Fsp3) is 0.913. The van der Waals surface area contributed by atoms with Crippen molar-refractivity contribution in [3.05, 3.63) is 0 Å². The highest BCUT2D eigenvalue weighted by atomic mass is 32.2. The van der Waals surface area contributed by atoms with Crippen LogP contribution in [0.15, 0.2) is 0 Å². The van der Waals surface area contributed by atoms with Gasteiger partial charge in [0, 0.05) is 31.5 Å². The lowest BCUT2D eigenvalue weighted by atomic mass is 9.78. The van der Waals surface area contributed by atoms with Gasteiger partial charge in [0.05, 0.1) is 11.2 Å². The molecule has 0 aromatic carbocycles. The van der Waals surface area contributed by atoms with Crippen molar-refractivity contribution in [2.75, 3.05) is 13.1 Å². The van der Waals surface area contributed by atoms with Gasteiger partial charge in [-0.15, -0.1) is 0 Å². The average Bonchev–Trinajstić information content (AvgIpc) is 3.12. The van der Waals surface area contributed by atoms with Crippen LogP contribution in [-0.2, 0) is 33.8 Å². The van der Waals surface area contributed by atoms with Crippen LogP contribution < -0.4 is 10.5 Å². The highest BCUT2D eigenvalue weighted by Gasteiger charge is 2.53. The van der Waals surface area contributed by atoms with Gasteiger partial charge in [0.25, 0.3) is 10.2 Å². The Balaban J connectivity index is 1.95. The zero-order valence-electron chi connectivity index (χ0n) is 22.9. The van der Waals surface area contributed by atoms with E-state index in [1.54, 1.807) is 27.7 Å². The van der Waals surface area contributed by atoms with Gasteiger partial charge in [0.2, 0.25) is 0 Å². The van der Waals surface area contributed by atoms with Gasteiger partial charge in [-0.1, -0.05) is 6.42 Å². The van der Waals surface area contributed by atoms with Crippen LogP contribution in [0.2, 0.25) is 6.32 Å². The first-order valence-corrected chi connectivity index (χ1v) is 14.0. The summed E-state index contributed by atoms with van der Waals surface area (Å²) in [6, 6.07) is -0.554. The van der Waals surface area contributed by atoms with Crippen LogP contribution >= 0.6 is 0 Å². The fourth-order valence-corrected chi connectivity index (χ4v) is 5.93. The number of carboxylic acid groups (broad SMARTS) is 1. The van der Waals surface area contributed by atoms with Gasteiger partial charge < -0.3 is 24.9 Å². The van der Waals surface area contributed by atoms with E-state index in [9.17, 15) is 23.1 Å². The molecule has 0 aromatic heterocycles. The number of nitrogens with zero attached hydrogens (tertiary/aromatic N) is 1. The van der Waals surface area contributed by atoms with Crippen LogP contribution in [0.5, 0.6) is 0 Å². The standard InChI is InChI=1S/C23H44BN3O8S/c1-16(11-12-18(28)33-20(2,3)4)26-36(31,32)27-14-17(23(25,15-27)19(29)30)10-9-13-24-34-21(5,6)22(7,8)35-24/h16-17,26H,9-15,25H2,1-8H3,(H,29,30)/t16-,17+,23+/m1/s1. The molecule has 0 aromatic rings. The minimum atomic E-state index is -4.01. The molecule has 2 aliphatic heterocycles. The first-order valence-electron chi connectivity index (χ1n) is 12.6. The Kier molecular flexibility index (Phi) is 9.34. The van der Waals surface area contributed by atoms with Crippen molar-refractivity contribution in [3.8, 4) is 0 Å². The molecule has 2 aliphatic rings. The molecule has 3 atom stereocenters. The van der Waals surface area contributed by atoms with Crippen molar-refractivity contribution in [1.82, 2.24) is 9.03 Å². The van der Waals surface area contributed by atoms with Crippen LogP contribution in [0.25, 0.3) is 0 Å². The molecule has 0 spiro atoms. The minimum absolute atomic E-state index is 0.0136. The molecule has 13 heteroatoms. The molecular formula is C23H44BN3O8S. The molecule has 4 N–H and O–H groups in total. The number of esters is 1. The van der Waals surface area contributed by atoms with Crippen molar-refractivity contribution in [3.63, 3.8) is 0 Å². The summed E-state index contributed by atoms with van der Waals surface area (Å²) in [5.74, 6) is -2.23. The number of nitrogens with one attached hydrogen (secondary N) is 1. The third kappa shape index (κ3) is 7.64. The van der Waals surface area contributed by atoms with E-state index in [2.05, 4.69) is 4.72 Å². The predicted octanol–water partition coefficient (Wildman–Crippen LogP) is 1.92. The molecule has 0 radical (unpaired) electrons. The monoisotopic (exact) mass is 533 g/mol. The highest BCUT2D eigenvalue weighted by Crippen LogP contribution is 2.39. The molecule has 2 fully saturated rings. The van der Waals surface area contributed by atoms with E-state index < -0.39 is 63.6 Å². The Morgan fingerprint density at radius 3 is 2.28 bits per heavy atom. The molecule has 0 saturated carbocycles. The average molecular weight is 533 g/mol. The van der Waals surface area contributed by atoms with Crippen LogP contribution in [-0.4, -0.2) is 78.4 Å². The van der Waals surface area contributed by atoms with E-state index in [-0.39, 0.29) is 25.9 Å². The van der Waals surface area contributed by atoms with Crippen LogP contribution in [0.1, 0.15) is 81.1 Å². The molecule has 0 amide bonds. The molecule has 2 heterocycles. The molecule has 2 saturated heterocycles. The number of carbonyl (C=O) groups excluding carboxylic acids is 1. The first kappa shape index (κ1) is 31.0. The number of hydrogen-bond donors (Lipinski definition) is 3. The summed E-state index contributed by atoms with van der Waals surface area (Å²) in [6.45, 7) is 14.4. The second-order valence-electron chi connectivity index (χ2n) is 12.1. The highest BCUT2D eigenvalue weighted by molar-refractivity contribution is 7.87. The van der Waals surface area contributed by atoms with Crippen LogP contribution in [0.3, 0.4) is 0 Å². The predicted molar refractivity (Wildman–Crippen MR) is 136 cm³/mol. The molecule has 11 nitrogen and oxygen atoms in total. The third-order valence-electron chi connectivity index (χ3n) is 7.17. The van der Waals surface area contributed by atoms with Gasteiger partial charge in [0.15, 0.2) is 0 Å². The summed E-state index contributed by atoms with van der Waals surface area (Å²) in [6.07, 6.45) is 1.82. The van der Waals surface area contributed by atoms with Gasteiger partial charge in [-0.3, -0.25) is 9.59 Å². The van der Waals surface area contributed by atoms with Gasteiger partial charge >= 0.3 is 19.1 Å². The Bertz CT molecular complexity index is 905. The van der Waals surface area contributed by atoms with Crippen molar-refractivity contribution in [2.45, 2.75) is 116 Å². The third-order valence-corrected chi connectivity index (χ3v) is 8.83. The summed E-state index contributed by atoms with van der Waals surface area (Å²) in [4.78, 5) is 24.0. The summed E-state index contributed by atoms with van der Waals surface area (Å²) >= 11 is 0. The lowest BCUT2D eigenvalue weighted by molar-refractivity contribution is -0.155. The van der Waals surface area contributed by atoms with Gasteiger partial charge in [-0.25, -0.2) is 0 Å². The van der Waals surface area contributed by atoms with E-state index >= 15 is 0 Å². The lowest BCUT2D eigenvalue weighted by Gasteiger charge is -2.32. The fourth-order valence-electron chi connectivity index (χ4n) is 4.40. The number of aliphatic carboxylic acids is 1. The second kappa shape index (κ2) is 10.9. The first-order chi connectivity index (χ1) is 16.2. The van der Waals surface area contributed by atoms with Gasteiger partial charge in [0.1, 0.15) is 11.1 Å². The Morgan fingerprint density at radius 1 is 1.22 bits per heavy atom. The van der Waals surface area contributed by atoms with E-state index in [0.717, 1.165) is 4.31 Å². The number of ether oxygens (including phenoxy) is 1. The number of carboxylic acids is 1. The smallest absolute Gasteiger partial charge is 0.457 e. The summed E-state index contributed by atoms with van der Waals surface area (Å²) < 4.78 is 46.9. The molecule has 0 unspecified atom stereocenters. The minimum Gasteiger partial charge on any atom is -0.480 e. The number of hydrogen-bond acceptors (Lipinski definition) is 8. The maximum atomic E-state index is 13.0. The topological polar surface area (TPSA) is 157 Å². The maximum Gasteiger partial charge on any atom is 0.457 e. The Morgan fingerprint density at radius 2 is 1.78 bits per heavy atom. The Labute approximate surface area is 216 Å². The second-order valence-corrected chi connectivity index (χ2v) is 13.8. The maximum absolute atomic E-state index is 13.0. The molecule has 208 valence electrons. The van der Waals surface area contributed by atoms with Crippen LogP contribution in [0.4, 0.5) is 0 Å². The van der Waals surface area contributed by atoms with E-state index in [4.69, 9.17) is 19.8 Å². The van der Waals surface area contributed by atoms with Crippen molar-refractivity contribution < 1.29 is 37.2 Å². The van der Waals surface area contributed by atoms with E-state index in [1.807, 2.05) is 27.7 Å². The molecule has 0 bridgehead atoms. The zero-order valence-corrected chi connectivity index (χ0v) is 23.7. The van der Waals surface area contributed by atoms with E-state index in [1.165, 1.54) is 0 Å². The summed E-state index contributed by atoms with van der Waals surface area (Å²) in [5, 5.41) is 9.83. The molecule has 2 rings (SSSR count). The normalized spacial score (nSPS) is 27.2. The molecule has 0 aliphatic carbocycles. The van der Waals surface area contributed by atoms with Crippen molar-refractivity contribution in [1.29, 1.82) is 0 Å². The van der Waals surface area contributed by atoms with Crippen molar-refractivity contribution >= 4 is 29.3 Å². The number of carbonyl (C=O) groups is 2. The zero-order chi connectivity index (χ0) is 27.7. The van der Waals surface area contributed by atoms with Gasteiger partial charge in [-0.2, -0.15) is 17.4 Å². The van der Waals surface area contributed by atoms with Crippen LogP contribution in [0, 0.1) is 5.92 Å². The van der Waals surface area contributed by atoms with Crippen molar-refractivity contribution in [2.24, 2.45) is 11.7 Å². The SMILES string of the molecule is C[C@H](CCC(=O)OC(C)(C)C)NS(=O)(=O)N1C[C@H](CCCB2OC(C)(C)C(C)(C)O2)[C@](N)(C(=O)O)C1. The quantitative estimate of drug-likeness (QED) is 0.267. The summed E-state index contributed by atoms with van der Waals surface area (Å²) in [5.41, 5.74) is 3.01.